The molecule has 1 fully saturated rings. The topological polar surface area (TPSA) is 49.4 Å². The van der Waals surface area contributed by atoms with Crippen molar-refractivity contribution in [3.8, 4) is 0 Å². The molecule has 4 nitrogen and oxygen atoms in total. The predicted octanol–water partition coefficient (Wildman–Crippen LogP) is 3.97. The lowest BCUT2D eigenvalue weighted by Crippen LogP contribution is -2.28. The summed E-state index contributed by atoms with van der Waals surface area (Å²) in [6.45, 7) is 0.333. The van der Waals surface area contributed by atoms with Crippen LogP contribution in [0.15, 0.2) is 66.7 Å². The van der Waals surface area contributed by atoms with Crippen LogP contribution < -0.4 is 10.2 Å². The summed E-state index contributed by atoms with van der Waals surface area (Å²) >= 11 is 0. The van der Waals surface area contributed by atoms with E-state index in [9.17, 15) is 14.0 Å². The lowest BCUT2D eigenvalue weighted by molar-refractivity contribution is -0.122. The summed E-state index contributed by atoms with van der Waals surface area (Å²) in [7, 11) is 0. The van der Waals surface area contributed by atoms with Crippen molar-refractivity contribution < 1.29 is 14.0 Å². The van der Waals surface area contributed by atoms with Gasteiger partial charge in [-0.2, -0.15) is 0 Å². The zero-order chi connectivity index (χ0) is 18.1. The Bertz CT molecular complexity index is 979. The third kappa shape index (κ3) is 3.04. The Hall–Kier alpha value is -3.21. The van der Waals surface area contributed by atoms with Gasteiger partial charge >= 0.3 is 0 Å². The van der Waals surface area contributed by atoms with Crippen LogP contribution in [0.25, 0.3) is 10.8 Å². The molecule has 1 aliphatic heterocycles. The minimum absolute atomic E-state index is 0.0689. The Labute approximate surface area is 150 Å². The van der Waals surface area contributed by atoms with E-state index in [1.807, 2.05) is 42.5 Å². The van der Waals surface area contributed by atoms with Crippen LogP contribution in [0.1, 0.15) is 6.42 Å². The number of anilines is 2. The van der Waals surface area contributed by atoms with Crippen LogP contribution in [0.5, 0.6) is 0 Å². The van der Waals surface area contributed by atoms with Gasteiger partial charge in [-0.3, -0.25) is 9.59 Å². The van der Waals surface area contributed by atoms with E-state index < -0.39 is 5.92 Å². The summed E-state index contributed by atoms with van der Waals surface area (Å²) in [5, 5.41) is 4.80. The van der Waals surface area contributed by atoms with Crippen molar-refractivity contribution in [2.75, 3.05) is 16.8 Å². The zero-order valence-corrected chi connectivity index (χ0v) is 14.0. The molecule has 0 radical (unpaired) electrons. The van der Waals surface area contributed by atoms with Crippen molar-refractivity contribution in [3.05, 3.63) is 72.5 Å². The highest BCUT2D eigenvalue weighted by Gasteiger charge is 2.35. The second-order valence-corrected chi connectivity index (χ2v) is 6.40. The van der Waals surface area contributed by atoms with Gasteiger partial charge in [-0.05, 0) is 35.7 Å². The lowest BCUT2D eigenvalue weighted by Gasteiger charge is -2.19. The number of nitrogens with zero attached hydrogens (tertiary/aromatic N) is 1. The van der Waals surface area contributed by atoms with Crippen LogP contribution in [0.2, 0.25) is 0 Å². The number of fused-ring (bicyclic) bond motifs is 1. The van der Waals surface area contributed by atoms with Crippen molar-refractivity contribution in [1.29, 1.82) is 0 Å². The molecule has 0 aromatic heterocycles. The molecule has 130 valence electrons. The van der Waals surface area contributed by atoms with Crippen LogP contribution in [-0.2, 0) is 9.59 Å². The standard InChI is InChI=1S/C21H17FN2O2/c22-16-8-10-17(11-9-16)23-21(26)15-12-20(25)24(13-15)19-7-3-5-14-4-1-2-6-18(14)19/h1-11,15H,12-13H2,(H,23,26). The number of benzene rings is 3. The molecule has 26 heavy (non-hydrogen) atoms. The van der Waals surface area contributed by atoms with E-state index in [-0.39, 0.29) is 24.1 Å². The van der Waals surface area contributed by atoms with Crippen LogP contribution in [0, 0.1) is 11.7 Å². The normalized spacial score (nSPS) is 16.9. The van der Waals surface area contributed by atoms with Gasteiger partial charge in [0.2, 0.25) is 11.8 Å². The predicted molar refractivity (Wildman–Crippen MR) is 99.4 cm³/mol. The number of carbonyl (C=O) groups excluding carboxylic acids is 2. The van der Waals surface area contributed by atoms with Crippen molar-refractivity contribution in [1.82, 2.24) is 0 Å². The molecular formula is C21H17FN2O2. The van der Waals surface area contributed by atoms with Gasteiger partial charge in [0.05, 0.1) is 11.6 Å². The monoisotopic (exact) mass is 348 g/mol. The fraction of sp³-hybridized carbons (Fsp3) is 0.143. The Morgan fingerprint density at radius 2 is 1.73 bits per heavy atom. The second kappa shape index (κ2) is 6.59. The van der Waals surface area contributed by atoms with Crippen molar-refractivity contribution in [3.63, 3.8) is 0 Å². The molecule has 0 aliphatic carbocycles. The molecule has 0 spiro atoms. The molecule has 5 heteroatoms. The lowest BCUT2D eigenvalue weighted by atomic mass is 10.1. The molecule has 0 bridgehead atoms. The Morgan fingerprint density at radius 1 is 1.00 bits per heavy atom. The van der Waals surface area contributed by atoms with Crippen molar-refractivity contribution in [2.45, 2.75) is 6.42 Å². The van der Waals surface area contributed by atoms with E-state index in [1.54, 1.807) is 4.90 Å². The van der Waals surface area contributed by atoms with Crippen LogP contribution in [-0.4, -0.2) is 18.4 Å². The van der Waals surface area contributed by atoms with Gasteiger partial charge in [0.25, 0.3) is 0 Å². The smallest absolute Gasteiger partial charge is 0.229 e. The van der Waals surface area contributed by atoms with Crippen LogP contribution >= 0.6 is 0 Å². The molecular weight excluding hydrogens is 331 g/mol. The first kappa shape index (κ1) is 16.3. The fourth-order valence-corrected chi connectivity index (χ4v) is 3.34. The maximum atomic E-state index is 13.0. The minimum Gasteiger partial charge on any atom is -0.326 e. The Balaban J connectivity index is 1.55. The quantitative estimate of drug-likeness (QED) is 0.779. The summed E-state index contributed by atoms with van der Waals surface area (Å²) < 4.78 is 13.0. The fourth-order valence-electron chi connectivity index (χ4n) is 3.34. The average Bonchev–Trinajstić information content (AvgIpc) is 3.05. The highest BCUT2D eigenvalue weighted by Crippen LogP contribution is 2.32. The number of rotatable bonds is 3. The molecule has 1 N–H and O–H groups in total. The van der Waals surface area contributed by atoms with Crippen molar-refractivity contribution in [2.24, 2.45) is 5.92 Å². The molecule has 1 heterocycles. The molecule has 0 saturated carbocycles. The van der Waals surface area contributed by atoms with Gasteiger partial charge in [0.15, 0.2) is 0 Å². The van der Waals surface area contributed by atoms with E-state index in [2.05, 4.69) is 5.32 Å². The number of hydrogen-bond donors (Lipinski definition) is 1. The number of amides is 2. The molecule has 4 rings (SSSR count). The summed E-state index contributed by atoms with van der Waals surface area (Å²) in [5.74, 6) is -1.10. The van der Waals surface area contributed by atoms with Gasteiger partial charge < -0.3 is 10.2 Å². The maximum Gasteiger partial charge on any atom is 0.229 e. The van der Waals surface area contributed by atoms with E-state index in [0.29, 0.717) is 12.2 Å². The zero-order valence-electron chi connectivity index (χ0n) is 14.0. The first-order valence-corrected chi connectivity index (χ1v) is 8.46. The summed E-state index contributed by atoms with van der Waals surface area (Å²) in [5.41, 5.74) is 1.35. The molecule has 1 aliphatic rings. The molecule has 3 aromatic rings. The number of carbonyl (C=O) groups is 2. The summed E-state index contributed by atoms with van der Waals surface area (Å²) in [4.78, 5) is 26.7. The molecule has 1 saturated heterocycles. The van der Waals surface area contributed by atoms with Crippen LogP contribution in [0.3, 0.4) is 0 Å². The highest BCUT2D eigenvalue weighted by atomic mass is 19.1. The third-order valence-corrected chi connectivity index (χ3v) is 4.67. The number of halogens is 1. The molecule has 3 aromatic carbocycles. The third-order valence-electron chi connectivity index (χ3n) is 4.67. The molecule has 2 amide bonds. The number of hydrogen-bond acceptors (Lipinski definition) is 2. The summed E-state index contributed by atoms with van der Waals surface area (Å²) in [6.07, 6.45) is 0.163. The molecule has 1 unspecified atom stereocenters. The summed E-state index contributed by atoms with van der Waals surface area (Å²) in [6, 6.07) is 19.3. The largest absolute Gasteiger partial charge is 0.326 e. The SMILES string of the molecule is O=C(Nc1ccc(F)cc1)C1CC(=O)N(c2cccc3ccccc23)C1. The Kier molecular flexibility index (Phi) is 4.13. The van der Waals surface area contributed by atoms with E-state index >= 15 is 0 Å². The maximum absolute atomic E-state index is 13.0. The van der Waals surface area contributed by atoms with E-state index in [0.717, 1.165) is 16.5 Å². The highest BCUT2D eigenvalue weighted by molar-refractivity contribution is 6.08. The average molecular weight is 348 g/mol. The second-order valence-electron chi connectivity index (χ2n) is 6.40. The van der Waals surface area contributed by atoms with E-state index in [1.165, 1.54) is 24.3 Å². The number of nitrogens with one attached hydrogen (secondary N) is 1. The first-order chi connectivity index (χ1) is 12.6. The van der Waals surface area contributed by atoms with Crippen LogP contribution in [0.4, 0.5) is 15.8 Å². The van der Waals surface area contributed by atoms with Gasteiger partial charge in [-0.1, -0.05) is 36.4 Å². The van der Waals surface area contributed by atoms with Gasteiger partial charge in [0, 0.05) is 24.0 Å². The van der Waals surface area contributed by atoms with Crippen molar-refractivity contribution >= 4 is 34.0 Å². The molecule has 1 atom stereocenters. The van der Waals surface area contributed by atoms with Gasteiger partial charge in [0.1, 0.15) is 5.82 Å². The Morgan fingerprint density at radius 3 is 2.54 bits per heavy atom. The van der Waals surface area contributed by atoms with Gasteiger partial charge in [-0.15, -0.1) is 0 Å². The van der Waals surface area contributed by atoms with E-state index in [4.69, 9.17) is 0 Å². The first-order valence-electron chi connectivity index (χ1n) is 8.46. The van der Waals surface area contributed by atoms with Gasteiger partial charge in [-0.25, -0.2) is 4.39 Å². The minimum atomic E-state index is -0.438.